The molecular formula is C15H12ClNO2. The Kier molecular flexibility index (Phi) is 2.91. The Morgan fingerprint density at radius 2 is 2.05 bits per heavy atom. The molecule has 0 spiro atoms. The van der Waals surface area contributed by atoms with E-state index in [9.17, 15) is 4.79 Å². The van der Waals surface area contributed by atoms with E-state index in [1.54, 1.807) is 18.2 Å². The van der Waals surface area contributed by atoms with Crippen LogP contribution in [0.15, 0.2) is 42.5 Å². The molecule has 0 bridgehead atoms. The molecule has 96 valence electrons. The van der Waals surface area contributed by atoms with Crippen LogP contribution in [0, 0.1) is 0 Å². The summed E-state index contributed by atoms with van der Waals surface area (Å²) in [6.07, 6.45) is 0. The number of anilines is 1. The normalized spacial score (nSPS) is 16.8. The smallest absolute Gasteiger partial charge is 0.173 e. The van der Waals surface area contributed by atoms with Crippen molar-refractivity contribution in [1.29, 1.82) is 0 Å². The molecule has 4 heteroatoms. The van der Waals surface area contributed by atoms with E-state index in [2.05, 4.69) is 0 Å². The Morgan fingerprint density at radius 3 is 2.84 bits per heavy atom. The second-order valence-electron chi connectivity index (χ2n) is 4.50. The van der Waals surface area contributed by atoms with E-state index in [1.165, 1.54) is 0 Å². The summed E-state index contributed by atoms with van der Waals surface area (Å²) in [4.78, 5) is 12.5. The van der Waals surface area contributed by atoms with Crippen LogP contribution in [0.2, 0.25) is 5.02 Å². The first-order chi connectivity index (χ1) is 9.16. The van der Waals surface area contributed by atoms with Crippen molar-refractivity contribution in [1.82, 2.24) is 0 Å². The molecule has 1 aliphatic rings. The fraction of sp³-hybridized carbons (Fsp3) is 0.133. The zero-order valence-corrected chi connectivity index (χ0v) is 10.9. The summed E-state index contributed by atoms with van der Waals surface area (Å²) in [7, 11) is 0. The van der Waals surface area contributed by atoms with E-state index >= 15 is 0 Å². The van der Waals surface area contributed by atoms with Gasteiger partial charge in [-0.3, -0.25) is 4.79 Å². The van der Waals surface area contributed by atoms with Crippen LogP contribution in [-0.4, -0.2) is 12.4 Å². The topological polar surface area (TPSA) is 52.3 Å². The largest absolute Gasteiger partial charge is 0.492 e. The summed E-state index contributed by atoms with van der Waals surface area (Å²) in [5.41, 5.74) is 7.62. The van der Waals surface area contributed by atoms with E-state index in [4.69, 9.17) is 22.1 Å². The SMILES string of the molecule is Nc1ccc(C(=O)C2COc3ccccc32)cc1Cl. The van der Waals surface area contributed by atoms with Gasteiger partial charge in [-0.2, -0.15) is 0 Å². The van der Waals surface area contributed by atoms with Crippen molar-refractivity contribution in [3.05, 3.63) is 58.6 Å². The third kappa shape index (κ3) is 2.06. The summed E-state index contributed by atoms with van der Waals surface area (Å²) >= 11 is 5.96. The van der Waals surface area contributed by atoms with Gasteiger partial charge in [0.2, 0.25) is 0 Å². The summed E-state index contributed by atoms with van der Waals surface area (Å²) in [6.45, 7) is 0.375. The van der Waals surface area contributed by atoms with Crippen LogP contribution < -0.4 is 10.5 Å². The maximum atomic E-state index is 12.5. The van der Waals surface area contributed by atoms with Gasteiger partial charge in [0.25, 0.3) is 0 Å². The van der Waals surface area contributed by atoms with Crippen LogP contribution in [0.1, 0.15) is 21.8 Å². The lowest BCUT2D eigenvalue weighted by molar-refractivity contribution is 0.0947. The zero-order chi connectivity index (χ0) is 13.4. The quantitative estimate of drug-likeness (QED) is 0.675. The van der Waals surface area contributed by atoms with Crippen LogP contribution >= 0.6 is 11.6 Å². The molecule has 1 aliphatic heterocycles. The standard InChI is InChI=1S/C15H12ClNO2/c16-12-7-9(5-6-13(12)17)15(18)11-8-19-14-4-2-1-3-10(11)14/h1-7,11H,8,17H2. The minimum absolute atomic E-state index is 0.00634. The number of ketones is 1. The fourth-order valence-electron chi connectivity index (χ4n) is 2.26. The molecule has 0 fully saturated rings. The van der Waals surface area contributed by atoms with Crippen LogP contribution in [0.3, 0.4) is 0 Å². The first-order valence-electron chi connectivity index (χ1n) is 5.98. The lowest BCUT2D eigenvalue weighted by atomic mass is 9.92. The summed E-state index contributed by atoms with van der Waals surface area (Å²) in [5, 5.41) is 0.401. The predicted molar refractivity (Wildman–Crippen MR) is 74.9 cm³/mol. The van der Waals surface area contributed by atoms with Gasteiger partial charge in [0.05, 0.1) is 16.6 Å². The van der Waals surface area contributed by atoms with Crippen molar-refractivity contribution in [2.75, 3.05) is 12.3 Å². The molecule has 0 aliphatic carbocycles. The molecule has 2 aromatic rings. The lowest BCUT2D eigenvalue weighted by Crippen LogP contribution is -2.14. The van der Waals surface area contributed by atoms with Gasteiger partial charge in [-0.25, -0.2) is 0 Å². The van der Waals surface area contributed by atoms with E-state index in [-0.39, 0.29) is 11.7 Å². The maximum Gasteiger partial charge on any atom is 0.173 e. The molecule has 19 heavy (non-hydrogen) atoms. The van der Waals surface area contributed by atoms with Crippen molar-refractivity contribution < 1.29 is 9.53 Å². The number of hydrogen-bond acceptors (Lipinski definition) is 3. The van der Waals surface area contributed by atoms with E-state index in [1.807, 2.05) is 24.3 Å². The Bertz CT molecular complexity index is 654. The van der Waals surface area contributed by atoms with Gasteiger partial charge in [0.15, 0.2) is 5.78 Å². The third-order valence-corrected chi connectivity index (χ3v) is 3.63. The fourth-order valence-corrected chi connectivity index (χ4v) is 2.44. The average molecular weight is 274 g/mol. The Morgan fingerprint density at radius 1 is 1.26 bits per heavy atom. The van der Waals surface area contributed by atoms with Crippen LogP contribution in [0.25, 0.3) is 0 Å². The van der Waals surface area contributed by atoms with Gasteiger partial charge in [0.1, 0.15) is 12.4 Å². The summed E-state index contributed by atoms with van der Waals surface area (Å²) < 4.78 is 5.53. The maximum absolute atomic E-state index is 12.5. The molecule has 2 N–H and O–H groups in total. The monoisotopic (exact) mass is 273 g/mol. The van der Waals surface area contributed by atoms with Gasteiger partial charge in [0, 0.05) is 11.1 Å². The van der Waals surface area contributed by atoms with Crippen molar-refractivity contribution in [3.63, 3.8) is 0 Å². The summed E-state index contributed by atoms with van der Waals surface area (Å²) in [5.74, 6) is 0.519. The molecular weight excluding hydrogens is 262 g/mol. The van der Waals surface area contributed by atoms with Crippen LogP contribution in [-0.2, 0) is 0 Å². The molecule has 1 atom stereocenters. The minimum atomic E-state index is -0.268. The first-order valence-corrected chi connectivity index (χ1v) is 6.35. The highest BCUT2D eigenvalue weighted by Crippen LogP contribution is 2.36. The number of carbonyl (C=O) groups is 1. The molecule has 0 amide bonds. The Balaban J connectivity index is 1.95. The highest BCUT2D eigenvalue weighted by atomic mass is 35.5. The highest BCUT2D eigenvalue weighted by molar-refractivity contribution is 6.33. The van der Waals surface area contributed by atoms with Gasteiger partial charge in [-0.1, -0.05) is 29.8 Å². The number of hydrogen-bond donors (Lipinski definition) is 1. The lowest BCUT2D eigenvalue weighted by Gasteiger charge is -2.09. The summed E-state index contributed by atoms with van der Waals surface area (Å²) in [6, 6.07) is 12.6. The number of Topliss-reactive ketones (excluding diaryl/α,β-unsaturated/α-hetero) is 1. The van der Waals surface area contributed by atoms with E-state index < -0.39 is 0 Å². The Labute approximate surface area is 115 Å². The zero-order valence-electron chi connectivity index (χ0n) is 10.1. The molecule has 0 radical (unpaired) electrons. The van der Waals surface area contributed by atoms with Crippen LogP contribution in [0.5, 0.6) is 5.75 Å². The molecule has 0 saturated carbocycles. The van der Waals surface area contributed by atoms with Gasteiger partial charge in [-0.05, 0) is 24.3 Å². The van der Waals surface area contributed by atoms with Crippen molar-refractivity contribution in [3.8, 4) is 5.75 Å². The number of benzene rings is 2. The second-order valence-corrected chi connectivity index (χ2v) is 4.91. The molecule has 1 unspecified atom stereocenters. The van der Waals surface area contributed by atoms with Gasteiger partial charge in [-0.15, -0.1) is 0 Å². The molecule has 3 nitrogen and oxygen atoms in total. The molecule has 1 heterocycles. The van der Waals surface area contributed by atoms with E-state index in [0.717, 1.165) is 11.3 Å². The molecule has 0 aromatic heterocycles. The number of rotatable bonds is 2. The molecule has 2 aromatic carbocycles. The van der Waals surface area contributed by atoms with Crippen LogP contribution in [0.4, 0.5) is 5.69 Å². The predicted octanol–water partition coefficient (Wildman–Crippen LogP) is 3.28. The second kappa shape index (κ2) is 4.59. The molecule has 0 saturated heterocycles. The number of carbonyl (C=O) groups excluding carboxylic acids is 1. The van der Waals surface area contributed by atoms with Gasteiger partial charge >= 0.3 is 0 Å². The highest BCUT2D eigenvalue weighted by Gasteiger charge is 2.30. The van der Waals surface area contributed by atoms with Crippen molar-refractivity contribution >= 4 is 23.1 Å². The number of ether oxygens (including phenoxy) is 1. The molecule has 3 rings (SSSR count). The van der Waals surface area contributed by atoms with Crippen molar-refractivity contribution in [2.24, 2.45) is 0 Å². The first kappa shape index (κ1) is 12.1. The van der Waals surface area contributed by atoms with E-state index in [0.29, 0.717) is 22.9 Å². The Hall–Kier alpha value is -2.00. The van der Waals surface area contributed by atoms with Crippen molar-refractivity contribution in [2.45, 2.75) is 5.92 Å². The minimum Gasteiger partial charge on any atom is -0.492 e. The number of fused-ring (bicyclic) bond motifs is 1. The number of nitrogen functional groups attached to an aromatic ring is 1. The average Bonchev–Trinajstić information content (AvgIpc) is 2.85. The number of para-hydroxylation sites is 1. The van der Waals surface area contributed by atoms with Gasteiger partial charge < -0.3 is 10.5 Å². The number of halogens is 1. The third-order valence-electron chi connectivity index (χ3n) is 3.30. The number of nitrogens with two attached hydrogens (primary N) is 1.